The summed E-state index contributed by atoms with van der Waals surface area (Å²) in [5, 5.41) is 24.7. The first-order valence-corrected chi connectivity index (χ1v) is 11.1. The molecule has 1 aromatic heterocycles. The highest BCUT2D eigenvalue weighted by Gasteiger charge is 2.38. The Hall–Kier alpha value is -1.92. The molecular formula is C24H30Cl2N2O3. The quantitative estimate of drug-likeness (QED) is 0.405. The third kappa shape index (κ3) is 6.78. The number of nitrogens with zero attached hydrogens (tertiary/aromatic N) is 1. The lowest BCUT2D eigenvalue weighted by Gasteiger charge is -2.35. The third-order valence-corrected chi connectivity index (χ3v) is 6.07. The van der Waals surface area contributed by atoms with Crippen LogP contribution in [0.1, 0.15) is 56.3 Å². The summed E-state index contributed by atoms with van der Waals surface area (Å²) in [4.78, 5) is 17.4. The van der Waals surface area contributed by atoms with Gasteiger partial charge in [-0.1, -0.05) is 55.3 Å². The number of pyridine rings is 1. The summed E-state index contributed by atoms with van der Waals surface area (Å²) in [6.07, 6.45) is 5.30. The molecule has 0 spiro atoms. The molecule has 0 aliphatic heterocycles. The van der Waals surface area contributed by atoms with Crippen LogP contribution in [0.3, 0.4) is 0 Å². The van der Waals surface area contributed by atoms with E-state index in [1.165, 1.54) is 6.20 Å². The Morgan fingerprint density at radius 2 is 1.90 bits per heavy atom. The molecule has 0 radical (unpaired) electrons. The van der Waals surface area contributed by atoms with Crippen LogP contribution in [0.5, 0.6) is 0 Å². The van der Waals surface area contributed by atoms with Crippen LogP contribution in [0.4, 0.5) is 0 Å². The van der Waals surface area contributed by atoms with Crippen molar-refractivity contribution in [3.63, 3.8) is 0 Å². The number of benzene rings is 1. The van der Waals surface area contributed by atoms with E-state index in [0.29, 0.717) is 34.9 Å². The van der Waals surface area contributed by atoms with Crippen LogP contribution in [0.25, 0.3) is 0 Å². The van der Waals surface area contributed by atoms with Crippen molar-refractivity contribution in [1.82, 2.24) is 10.3 Å². The fourth-order valence-corrected chi connectivity index (χ4v) is 3.95. The lowest BCUT2D eigenvalue weighted by Crippen LogP contribution is -2.46. The number of hydrogen-bond donors (Lipinski definition) is 3. The van der Waals surface area contributed by atoms with Crippen molar-refractivity contribution in [1.29, 1.82) is 0 Å². The van der Waals surface area contributed by atoms with Gasteiger partial charge in [-0.05, 0) is 48.6 Å². The Balaban J connectivity index is 2.44. The van der Waals surface area contributed by atoms with Crippen LogP contribution in [-0.2, 0) is 4.79 Å². The van der Waals surface area contributed by atoms with Gasteiger partial charge in [-0.25, -0.2) is 0 Å². The van der Waals surface area contributed by atoms with Gasteiger partial charge in [0, 0.05) is 23.3 Å². The minimum Gasteiger partial charge on any atom is -0.394 e. The predicted molar refractivity (Wildman–Crippen MR) is 125 cm³/mol. The second-order valence-corrected chi connectivity index (χ2v) is 8.93. The normalized spacial score (nSPS) is 16.1. The monoisotopic (exact) mass is 464 g/mol. The zero-order valence-electron chi connectivity index (χ0n) is 17.9. The Labute approximate surface area is 194 Å². The topological polar surface area (TPSA) is 82.5 Å². The highest BCUT2D eigenvalue weighted by atomic mass is 35.5. The molecule has 5 nitrogen and oxygen atoms in total. The largest absolute Gasteiger partial charge is 0.394 e. The van der Waals surface area contributed by atoms with Gasteiger partial charge >= 0.3 is 0 Å². The van der Waals surface area contributed by atoms with Crippen LogP contribution >= 0.6 is 23.2 Å². The van der Waals surface area contributed by atoms with Gasteiger partial charge in [0.05, 0.1) is 29.2 Å². The predicted octanol–water partition coefficient (Wildman–Crippen LogP) is 5.07. The maximum atomic E-state index is 13.2. The molecule has 168 valence electrons. The Kier molecular flexibility index (Phi) is 9.51. The second kappa shape index (κ2) is 11.6. The Bertz CT molecular complexity index is 871. The number of aromatic nitrogens is 1. The van der Waals surface area contributed by atoms with Gasteiger partial charge in [-0.3, -0.25) is 9.78 Å². The van der Waals surface area contributed by atoms with Crippen LogP contribution in [0.2, 0.25) is 10.0 Å². The van der Waals surface area contributed by atoms with Crippen LogP contribution < -0.4 is 5.32 Å². The molecule has 4 atom stereocenters. The summed E-state index contributed by atoms with van der Waals surface area (Å²) in [5.41, 5.74) is 0.537. The van der Waals surface area contributed by atoms with Crippen molar-refractivity contribution in [2.75, 3.05) is 6.61 Å². The van der Waals surface area contributed by atoms with Crippen molar-refractivity contribution < 1.29 is 15.0 Å². The summed E-state index contributed by atoms with van der Waals surface area (Å²) in [6.45, 7) is 7.42. The fraction of sp³-hybridized carbons (Fsp3) is 0.417. The van der Waals surface area contributed by atoms with Crippen molar-refractivity contribution in [3.8, 4) is 0 Å². The smallest absolute Gasteiger partial charge is 0.226 e. The molecule has 2 aromatic rings. The number of hydrogen-bond acceptors (Lipinski definition) is 4. The molecular weight excluding hydrogens is 435 g/mol. The van der Waals surface area contributed by atoms with E-state index in [-0.39, 0.29) is 18.6 Å². The highest BCUT2D eigenvalue weighted by molar-refractivity contribution is 6.30. The molecule has 1 aromatic carbocycles. The molecule has 0 fully saturated rings. The first-order valence-electron chi connectivity index (χ1n) is 10.3. The summed E-state index contributed by atoms with van der Waals surface area (Å²) in [5.74, 6) is -0.658. The average molecular weight is 465 g/mol. The van der Waals surface area contributed by atoms with Gasteiger partial charge in [0.1, 0.15) is 0 Å². The van der Waals surface area contributed by atoms with Crippen molar-refractivity contribution in [2.45, 2.75) is 51.2 Å². The second-order valence-electron chi connectivity index (χ2n) is 8.06. The van der Waals surface area contributed by atoms with Gasteiger partial charge < -0.3 is 15.5 Å². The minimum absolute atomic E-state index is 0.137. The first kappa shape index (κ1) is 25.3. The van der Waals surface area contributed by atoms with Gasteiger partial charge in [0.2, 0.25) is 5.91 Å². The van der Waals surface area contributed by atoms with Gasteiger partial charge in [-0.15, -0.1) is 6.58 Å². The van der Waals surface area contributed by atoms with Gasteiger partial charge in [0.25, 0.3) is 0 Å². The number of carbonyl (C=O) groups is 1. The van der Waals surface area contributed by atoms with Crippen LogP contribution in [-0.4, -0.2) is 33.8 Å². The van der Waals surface area contributed by atoms with E-state index in [9.17, 15) is 15.0 Å². The number of carbonyl (C=O) groups excluding carboxylic acids is 1. The lowest BCUT2D eigenvalue weighted by molar-refractivity contribution is -0.132. The zero-order chi connectivity index (χ0) is 23.0. The molecule has 1 amide bonds. The molecule has 0 saturated heterocycles. The fourth-order valence-electron chi connectivity index (χ4n) is 3.64. The minimum atomic E-state index is -0.908. The molecule has 2 unspecified atom stereocenters. The highest BCUT2D eigenvalue weighted by Crippen LogP contribution is 2.42. The lowest BCUT2D eigenvalue weighted by atomic mass is 9.73. The van der Waals surface area contributed by atoms with E-state index in [1.807, 2.05) is 13.8 Å². The van der Waals surface area contributed by atoms with Crippen molar-refractivity contribution >= 4 is 29.1 Å². The molecule has 2 rings (SSSR count). The first-order chi connectivity index (χ1) is 14.7. The average Bonchev–Trinajstić information content (AvgIpc) is 2.76. The number of halogens is 2. The number of nitrogens with one attached hydrogen (secondary N) is 1. The molecule has 1 heterocycles. The van der Waals surface area contributed by atoms with E-state index in [4.69, 9.17) is 23.2 Å². The third-order valence-electron chi connectivity index (χ3n) is 5.61. The maximum Gasteiger partial charge on any atom is 0.226 e. The number of amides is 1. The van der Waals surface area contributed by atoms with E-state index in [2.05, 4.69) is 16.9 Å². The van der Waals surface area contributed by atoms with Crippen LogP contribution in [0.15, 0.2) is 55.4 Å². The molecule has 7 heteroatoms. The molecule has 0 saturated carbocycles. The van der Waals surface area contributed by atoms with E-state index >= 15 is 0 Å². The maximum absolute atomic E-state index is 13.2. The van der Waals surface area contributed by atoms with E-state index in [1.54, 1.807) is 42.6 Å². The summed E-state index contributed by atoms with van der Waals surface area (Å²) < 4.78 is 0. The summed E-state index contributed by atoms with van der Waals surface area (Å²) in [6, 6.07) is 8.40. The van der Waals surface area contributed by atoms with E-state index < -0.39 is 17.4 Å². The Morgan fingerprint density at radius 3 is 2.45 bits per heavy atom. The molecule has 3 N–H and O–H groups in total. The molecule has 31 heavy (non-hydrogen) atoms. The van der Waals surface area contributed by atoms with Gasteiger partial charge in [-0.2, -0.15) is 0 Å². The number of rotatable bonds is 11. The summed E-state index contributed by atoms with van der Waals surface area (Å²) in [7, 11) is 0. The molecule has 0 bridgehead atoms. The number of aliphatic hydroxyl groups excluding tert-OH is 2. The van der Waals surface area contributed by atoms with Crippen LogP contribution in [0, 0.1) is 5.41 Å². The zero-order valence-corrected chi connectivity index (χ0v) is 19.4. The number of allylic oxidation sites excluding steroid dienone is 1. The molecule has 0 aliphatic carbocycles. The molecule has 0 aliphatic rings. The van der Waals surface area contributed by atoms with E-state index in [0.717, 1.165) is 5.56 Å². The number of aliphatic hydroxyl groups is 2. The standard InChI is InChI=1S/C24H30Cl2N2O3/c1-4-10-24(3,23(31)28-20(5-2)15-29)12-21(17-11-19(26)14-27-13-17)22(30)16-6-8-18(25)9-7-16/h4,6-9,11,13-14,20-22,29-30H,1,5,10,12,15H2,2-3H3,(H,28,31)/t20?,21-,22+,24?/m0/s1. The Morgan fingerprint density at radius 1 is 1.23 bits per heavy atom. The summed E-state index contributed by atoms with van der Waals surface area (Å²) >= 11 is 12.2. The van der Waals surface area contributed by atoms with Crippen molar-refractivity contribution in [3.05, 3.63) is 76.6 Å². The SMILES string of the molecule is C=CCC(C)(C[C@@H](c1cncc(Cl)c1)[C@H](O)c1ccc(Cl)cc1)C(=O)NC(CC)CO. The van der Waals surface area contributed by atoms with Crippen molar-refractivity contribution in [2.24, 2.45) is 5.41 Å². The van der Waals surface area contributed by atoms with Gasteiger partial charge in [0.15, 0.2) is 0 Å².